The van der Waals surface area contributed by atoms with Gasteiger partial charge in [-0.15, -0.1) is 0 Å². The Labute approximate surface area is 133 Å². The number of benzene rings is 2. The number of halogens is 4. The van der Waals surface area contributed by atoms with Gasteiger partial charge in [-0.3, -0.25) is 0 Å². The van der Waals surface area contributed by atoms with Crippen molar-refractivity contribution in [1.29, 1.82) is 0 Å². The average Bonchev–Trinajstić information content (AvgIpc) is 2.32. The van der Waals surface area contributed by atoms with E-state index in [0.717, 1.165) is 16.1 Å². The van der Waals surface area contributed by atoms with E-state index in [1.54, 1.807) is 6.07 Å². The topological polar surface area (TPSA) is 0 Å². The van der Waals surface area contributed by atoms with Crippen LogP contribution in [0.3, 0.4) is 0 Å². The van der Waals surface area contributed by atoms with Crippen LogP contribution in [0.4, 0.5) is 0 Å². The molecule has 0 spiro atoms. The number of rotatable bonds is 2. The second-order valence-corrected chi connectivity index (χ2v) is 6.58. The first-order valence-electron chi connectivity index (χ1n) is 4.92. The molecule has 4 heteroatoms. The molecule has 0 saturated heterocycles. The molecule has 0 aliphatic carbocycles. The van der Waals surface area contributed by atoms with Crippen molar-refractivity contribution in [3.63, 3.8) is 0 Å². The van der Waals surface area contributed by atoms with Crippen molar-refractivity contribution in [3.05, 3.63) is 67.2 Å². The quantitative estimate of drug-likeness (QED) is 0.391. The molecule has 88 valence electrons. The summed E-state index contributed by atoms with van der Waals surface area (Å²) >= 11 is 18.1. The van der Waals surface area contributed by atoms with Gasteiger partial charge in [0.2, 0.25) is 0 Å². The van der Waals surface area contributed by atoms with Crippen molar-refractivity contribution in [3.8, 4) is 0 Å². The van der Waals surface area contributed by atoms with E-state index in [1.165, 1.54) is 3.57 Å². The average molecular weight is 442 g/mol. The van der Waals surface area contributed by atoms with Gasteiger partial charge in [0.1, 0.15) is 0 Å². The molecule has 0 nitrogen and oxygen atoms in total. The minimum absolute atomic E-state index is 0.0608. The molecule has 0 aromatic heterocycles. The summed E-state index contributed by atoms with van der Waals surface area (Å²) < 4.78 is 1.21. The molecule has 0 amide bonds. The van der Waals surface area contributed by atoms with Gasteiger partial charge in [0.25, 0.3) is 0 Å². The molecule has 1 atom stereocenters. The third-order valence-electron chi connectivity index (χ3n) is 2.39. The molecule has 2 aromatic carbocycles. The van der Waals surface area contributed by atoms with E-state index < -0.39 is 0 Å². The van der Waals surface area contributed by atoms with Gasteiger partial charge < -0.3 is 0 Å². The maximum atomic E-state index is 6.18. The lowest BCUT2D eigenvalue weighted by Gasteiger charge is -2.13. The zero-order valence-corrected chi connectivity index (χ0v) is 13.9. The van der Waals surface area contributed by atoms with Crippen LogP contribution in [0.1, 0.15) is 16.0 Å². The van der Waals surface area contributed by atoms with Gasteiger partial charge in [-0.25, -0.2) is 0 Å². The highest BCUT2D eigenvalue weighted by molar-refractivity contribution is 14.1. The van der Waals surface area contributed by atoms with Gasteiger partial charge in [0.05, 0.1) is 4.83 Å². The SMILES string of the molecule is Clc1ccc(Cl)c(C(Br)c2ccc(I)cc2)c1. The Kier molecular flexibility index (Phi) is 4.75. The fraction of sp³-hybridized carbons (Fsp3) is 0.0769. The molecule has 0 bridgehead atoms. The molecule has 2 rings (SSSR count). The van der Waals surface area contributed by atoms with E-state index in [1.807, 2.05) is 12.1 Å². The molecule has 0 aliphatic rings. The highest BCUT2D eigenvalue weighted by Crippen LogP contribution is 2.36. The van der Waals surface area contributed by atoms with Gasteiger partial charge in [-0.2, -0.15) is 0 Å². The molecule has 0 aliphatic heterocycles. The first-order valence-corrected chi connectivity index (χ1v) is 7.67. The zero-order chi connectivity index (χ0) is 12.4. The summed E-state index contributed by atoms with van der Waals surface area (Å²) in [6, 6.07) is 13.8. The van der Waals surface area contributed by atoms with Gasteiger partial charge in [0, 0.05) is 13.6 Å². The van der Waals surface area contributed by atoms with Crippen LogP contribution in [0, 0.1) is 3.57 Å². The van der Waals surface area contributed by atoms with Gasteiger partial charge in [-0.1, -0.05) is 51.3 Å². The molecular weight excluding hydrogens is 434 g/mol. The molecule has 0 saturated carbocycles. The Bertz CT molecular complexity index is 525. The maximum Gasteiger partial charge on any atom is 0.0659 e. The first-order chi connectivity index (χ1) is 8.08. The summed E-state index contributed by atoms with van der Waals surface area (Å²) in [5.74, 6) is 0. The van der Waals surface area contributed by atoms with Gasteiger partial charge >= 0.3 is 0 Å². The summed E-state index contributed by atoms with van der Waals surface area (Å²) in [4.78, 5) is 0.0608. The van der Waals surface area contributed by atoms with Crippen LogP contribution in [-0.4, -0.2) is 0 Å². The van der Waals surface area contributed by atoms with Crippen LogP contribution in [0.25, 0.3) is 0 Å². The lowest BCUT2D eigenvalue weighted by atomic mass is 10.1. The van der Waals surface area contributed by atoms with Crippen molar-refractivity contribution in [2.24, 2.45) is 0 Å². The molecule has 1 unspecified atom stereocenters. The van der Waals surface area contributed by atoms with Crippen LogP contribution in [0.15, 0.2) is 42.5 Å². The maximum absolute atomic E-state index is 6.18. The van der Waals surface area contributed by atoms with Crippen LogP contribution in [-0.2, 0) is 0 Å². The highest BCUT2D eigenvalue weighted by Gasteiger charge is 2.14. The van der Waals surface area contributed by atoms with Gasteiger partial charge in [-0.05, 0) is 64.0 Å². The zero-order valence-electron chi connectivity index (χ0n) is 8.63. The first kappa shape index (κ1) is 13.7. The van der Waals surface area contributed by atoms with Crippen LogP contribution in [0.2, 0.25) is 10.0 Å². The Hall–Kier alpha value is 0.230. The fourth-order valence-corrected chi connectivity index (χ4v) is 3.10. The third kappa shape index (κ3) is 3.37. The highest BCUT2D eigenvalue weighted by atomic mass is 127. The normalized spacial score (nSPS) is 12.5. The Morgan fingerprint density at radius 2 is 1.65 bits per heavy atom. The number of alkyl halides is 1. The monoisotopic (exact) mass is 440 g/mol. The smallest absolute Gasteiger partial charge is 0.0659 e. The van der Waals surface area contributed by atoms with E-state index in [9.17, 15) is 0 Å². The predicted octanol–water partition coefficient (Wildman–Crippen LogP) is 6.08. The van der Waals surface area contributed by atoms with Gasteiger partial charge in [0.15, 0.2) is 0 Å². The predicted molar refractivity (Wildman–Crippen MR) is 86.4 cm³/mol. The molecular formula is C13H8BrCl2I. The van der Waals surface area contributed by atoms with E-state index in [0.29, 0.717) is 5.02 Å². The summed E-state index contributed by atoms with van der Waals surface area (Å²) in [6.45, 7) is 0. The molecule has 2 aromatic rings. The Balaban J connectivity index is 2.39. The van der Waals surface area contributed by atoms with E-state index >= 15 is 0 Å². The molecule has 0 radical (unpaired) electrons. The summed E-state index contributed by atoms with van der Waals surface area (Å²) in [5, 5.41) is 1.41. The van der Waals surface area contributed by atoms with Crippen molar-refractivity contribution >= 4 is 61.7 Å². The molecule has 0 heterocycles. The summed E-state index contributed by atoms with van der Waals surface area (Å²) in [5.41, 5.74) is 2.15. The van der Waals surface area contributed by atoms with Crippen LogP contribution >= 0.6 is 61.7 Å². The standard InChI is InChI=1S/C13H8BrCl2I/c14-13(8-1-4-10(17)5-2-8)11-7-9(15)3-6-12(11)16/h1-7,13H. The molecule has 0 N–H and O–H groups in total. The lowest BCUT2D eigenvalue weighted by Crippen LogP contribution is -1.94. The van der Waals surface area contributed by atoms with Crippen molar-refractivity contribution < 1.29 is 0 Å². The van der Waals surface area contributed by atoms with Crippen LogP contribution in [0.5, 0.6) is 0 Å². The minimum atomic E-state index is 0.0608. The second-order valence-electron chi connectivity index (χ2n) is 3.58. The Morgan fingerprint density at radius 1 is 1.00 bits per heavy atom. The van der Waals surface area contributed by atoms with Crippen molar-refractivity contribution in [2.45, 2.75) is 4.83 Å². The van der Waals surface area contributed by atoms with Crippen molar-refractivity contribution in [2.75, 3.05) is 0 Å². The van der Waals surface area contributed by atoms with E-state index in [4.69, 9.17) is 23.2 Å². The van der Waals surface area contributed by atoms with E-state index in [-0.39, 0.29) is 4.83 Å². The lowest BCUT2D eigenvalue weighted by molar-refractivity contribution is 1.18. The Morgan fingerprint density at radius 3 is 2.29 bits per heavy atom. The molecule has 17 heavy (non-hydrogen) atoms. The fourth-order valence-electron chi connectivity index (χ4n) is 1.52. The summed E-state index contributed by atoms with van der Waals surface area (Å²) in [7, 11) is 0. The second kappa shape index (κ2) is 5.91. The third-order valence-corrected chi connectivity index (χ3v) is 4.71. The summed E-state index contributed by atoms with van der Waals surface area (Å²) in [6.07, 6.45) is 0. The number of hydrogen-bond donors (Lipinski definition) is 0. The minimum Gasteiger partial charge on any atom is -0.0843 e. The molecule has 0 fully saturated rings. The largest absolute Gasteiger partial charge is 0.0843 e. The van der Waals surface area contributed by atoms with Crippen LogP contribution < -0.4 is 0 Å². The number of hydrogen-bond acceptors (Lipinski definition) is 0. The van der Waals surface area contributed by atoms with E-state index in [2.05, 4.69) is 62.8 Å². The van der Waals surface area contributed by atoms with Crippen molar-refractivity contribution in [1.82, 2.24) is 0 Å².